The van der Waals surface area contributed by atoms with Crippen molar-refractivity contribution in [3.05, 3.63) is 52.5 Å². The fourth-order valence-corrected chi connectivity index (χ4v) is 2.65. The third-order valence-corrected chi connectivity index (χ3v) is 4.26. The lowest BCUT2D eigenvalue weighted by atomic mass is 10.1. The first-order valence-electron chi connectivity index (χ1n) is 8.49. The Morgan fingerprint density at radius 2 is 1.68 bits per heavy atom. The van der Waals surface area contributed by atoms with Gasteiger partial charge < -0.3 is 14.8 Å². The van der Waals surface area contributed by atoms with Gasteiger partial charge in [0.25, 0.3) is 0 Å². The topological polar surface area (TPSA) is 89.0 Å². The van der Waals surface area contributed by atoms with E-state index < -0.39 is 0 Å². The predicted molar refractivity (Wildman–Crippen MR) is 112 cm³/mol. The van der Waals surface area contributed by atoms with Gasteiger partial charge in [0.15, 0.2) is 11.5 Å². The van der Waals surface area contributed by atoms with Crippen LogP contribution in [0.5, 0.6) is 11.5 Å². The standard InChI is InChI=1S/C20H22BrN3O4/c1-13(10-19(25)22-16-7-5-15(21)6-8-16)23-24-20(26)12-14-4-9-17(27-2)18(11-14)28-3/h4-9,11H,10,12H2,1-3H3,(H,22,25)(H,24,26)/b23-13+. The number of nitrogens with one attached hydrogen (secondary N) is 2. The van der Waals surface area contributed by atoms with Crippen LogP contribution in [-0.2, 0) is 16.0 Å². The second-order valence-corrected chi connectivity index (χ2v) is 6.90. The molecule has 148 valence electrons. The summed E-state index contributed by atoms with van der Waals surface area (Å²) in [5.41, 5.74) is 4.41. The van der Waals surface area contributed by atoms with Crippen LogP contribution in [0.2, 0.25) is 0 Å². The molecule has 2 amide bonds. The largest absolute Gasteiger partial charge is 0.493 e. The summed E-state index contributed by atoms with van der Waals surface area (Å²) in [6.45, 7) is 1.68. The molecule has 0 spiro atoms. The van der Waals surface area contributed by atoms with Gasteiger partial charge in [0, 0.05) is 15.9 Å². The zero-order valence-electron chi connectivity index (χ0n) is 15.9. The molecule has 28 heavy (non-hydrogen) atoms. The highest BCUT2D eigenvalue weighted by molar-refractivity contribution is 9.10. The molecule has 0 saturated heterocycles. The van der Waals surface area contributed by atoms with E-state index in [1.165, 1.54) is 7.11 Å². The van der Waals surface area contributed by atoms with E-state index in [4.69, 9.17) is 9.47 Å². The third-order valence-electron chi connectivity index (χ3n) is 3.73. The van der Waals surface area contributed by atoms with E-state index in [1.807, 2.05) is 12.1 Å². The van der Waals surface area contributed by atoms with Crippen LogP contribution in [0.1, 0.15) is 18.9 Å². The van der Waals surface area contributed by atoms with Gasteiger partial charge in [0.1, 0.15) is 0 Å². The van der Waals surface area contributed by atoms with Gasteiger partial charge in [0.05, 0.1) is 27.1 Å². The number of hydrazone groups is 1. The maximum Gasteiger partial charge on any atom is 0.244 e. The molecule has 0 bridgehead atoms. The van der Waals surface area contributed by atoms with E-state index in [2.05, 4.69) is 31.8 Å². The molecule has 0 aromatic heterocycles. The van der Waals surface area contributed by atoms with Crippen molar-refractivity contribution in [3.8, 4) is 11.5 Å². The van der Waals surface area contributed by atoms with Crippen molar-refractivity contribution < 1.29 is 19.1 Å². The first-order valence-corrected chi connectivity index (χ1v) is 9.29. The first kappa shape index (κ1) is 21.4. The van der Waals surface area contributed by atoms with Crippen molar-refractivity contribution in [1.29, 1.82) is 0 Å². The number of benzene rings is 2. The summed E-state index contributed by atoms with van der Waals surface area (Å²) in [6.07, 6.45) is 0.203. The number of amides is 2. The quantitative estimate of drug-likeness (QED) is 0.478. The maximum atomic E-state index is 12.1. The first-order chi connectivity index (χ1) is 13.4. The van der Waals surface area contributed by atoms with Crippen molar-refractivity contribution in [3.63, 3.8) is 0 Å². The lowest BCUT2D eigenvalue weighted by Crippen LogP contribution is -2.22. The molecule has 0 atom stereocenters. The van der Waals surface area contributed by atoms with Crippen LogP contribution in [0.3, 0.4) is 0 Å². The molecule has 0 heterocycles. The molecule has 0 aliphatic carbocycles. The number of hydrogen-bond donors (Lipinski definition) is 2. The summed E-state index contributed by atoms with van der Waals surface area (Å²) in [4.78, 5) is 24.1. The summed E-state index contributed by atoms with van der Waals surface area (Å²) < 4.78 is 11.3. The van der Waals surface area contributed by atoms with Gasteiger partial charge in [0.2, 0.25) is 11.8 Å². The maximum absolute atomic E-state index is 12.1. The van der Waals surface area contributed by atoms with Gasteiger partial charge in [-0.3, -0.25) is 9.59 Å². The average Bonchev–Trinajstić information content (AvgIpc) is 2.68. The highest BCUT2D eigenvalue weighted by atomic mass is 79.9. The van der Waals surface area contributed by atoms with E-state index in [1.54, 1.807) is 44.4 Å². The minimum atomic E-state index is -0.292. The van der Waals surface area contributed by atoms with E-state index in [9.17, 15) is 9.59 Å². The zero-order chi connectivity index (χ0) is 20.5. The van der Waals surface area contributed by atoms with Gasteiger partial charge >= 0.3 is 0 Å². The Labute approximate surface area is 172 Å². The van der Waals surface area contributed by atoms with E-state index in [0.717, 1.165) is 10.0 Å². The van der Waals surface area contributed by atoms with Crippen LogP contribution in [-0.4, -0.2) is 31.7 Å². The van der Waals surface area contributed by atoms with Gasteiger partial charge in [-0.15, -0.1) is 0 Å². The Morgan fingerprint density at radius 1 is 1.00 bits per heavy atom. The van der Waals surface area contributed by atoms with E-state index in [0.29, 0.717) is 22.9 Å². The molecule has 0 radical (unpaired) electrons. The monoisotopic (exact) mass is 447 g/mol. The van der Waals surface area contributed by atoms with Crippen molar-refractivity contribution in [2.75, 3.05) is 19.5 Å². The summed E-state index contributed by atoms with van der Waals surface area (Å²) in [7, 11) is 3.09. The highest BCUT2D eigenvalue weighted by Crippen LogP contribution is 2.27. The summed E-state index contributed by atoms with van der Waals surface area (Å²) in [5.74, 6) is 0.645. The SMILES string of the molecule is COc1ccc(CC(=O)N/N=C(\C)CC(=O)Nc2ccc(Br)cc2)cc1OC. The van der Waals surface area contributed by atoms with Crippen LogP contribution in [0, 0.1) is 0 Å². The molecule has 8 heteroatoms. The molecule has 7 nitrogen and oxygen atoms in total. The summed E-state index contributed by atoms with van der Waals surface area (Å²) in [6, 6.07) is 12.5. The number of nitrogens with zero attached hydrogens (tertiary/aromatic N) is 1. The number of halogens is 1. The van der Waals surface area contributed by atoms with Crippen LogP contribution in [0.25, 0.3) is 0 Å². The molecule has 2 aromatic carbocycles. The van der Waals surface area contributed by atoms with Crippen molar-refractivity contribution >= 4 is 39.1 Å². The normalized spacial score (nSPS) is 10.9. The van der Waals surface area contributed by atoms with Crippen LogP contribution >= 0.6 is 15.9 Å². The lowest BCUT2D eigenvalue weighted by Gasteiger charge is -2.09. The number of ether oxygens (including phenoxy) is 2. The minimum absolute atomic E-state index is 0.0761. The average molecular weight is 448 g/mol. The van der Waals surface area contributed by atoms with Crippen molar-refractivity contribution in [2.24, 2.45) is 5.10 Å². The summed E-state index contributed by atoms with van der Waals surface area (Å²) >= 11 is 3.34. The number of carbonyl (C=O) groups is 2. The Morgan fingerprint density at radius 3 is 2.32 bits per heavy atom. The molecule has 0 fully saturated rings. The Hall–Kier alpha value is -2.87. The lowest BCUT2D eigenvalue weighted by molar-refractivity contribution is -0.120. The second kappa shape index (κ2) is 10.5. The molecule has 2 rings (SSSR count). The molecule has 0 saturated carbocycles. The van der Waals surface area contributed by atoms with E-state index in [-0.39, 0.29) is 24.7 Å². The Kier molecular flexibility index (Phi) is 8.01. The minimum Gasteiger partial charge on any atom is -0.493 e. The number of hydrogen-bond acceptors (Lipinski definition) is 5. The number of anilines is 1. The van der Waals surface area contributed by atoms with Crippen molar-refractivity contribution in [1.82, 2.24) is 5.43 Å². The molecule has 2 aromatic rings. The smallest absolute Gasteiger partial charge is 0.244 e. The Balaban J connectivity index is 1.85. The highest BCUT2D eigenvalue weighted by Gasteiger charge is 2.09. The second-order valence-electron chi connectivity index (χ2n) is 5.98. The number of carbonyl (C=O) groups excluding carboxylic acids is 2. The number of methoxy groups -OCH3 is 2. The summed E-state index contributed by atoms with van der Waals surface area (Å²) in [5, 5.41) is 6.76. The van der Waals surface area contributed by atoms with Crippen LogP contribution in [0.15, 0.2) is 52.0 Å². The molecule has 0 unspecified atom stereocenters. The van der Waals surface area contributed by atoms with Gasteiger partial charge in [-0.1, -0.05) is 22.0 Å². The third kappa shape index (κ3) is 6.70. The van der Waals surface area contributed by atoms with Crippen LogP contribution < -0.4 is 20.2 Å². The van der Waals surface area contributed by atoms with Crippen LogP contribution in [0.4, 0.5) is 5.69 Å². The molecular weight excluding hydrogens is 426 g/mol. The zero-order valence-corrected chi connectivity index (χ0v) is 17.5. The van der Waals surface area contributed by atoms with Crippen molar-refractivity contribution in [2.45, 2.75) is 19.8 Å². The Bertz CT molecular complexity index is 866. The van der Waals surface area contributed by atoms with E-state index >= 15 is 0 Å². The molecule has 0 aliphatic heterocycles. The van der Waals surface area contributed by atoms with Gasteiger partial charge in [-0.25, -0.2) is 5.43 Å². The van der Waals surface area contributed by atoms with Gasteiger partial charge in [-0.05, 0) is 48.9 Å². The fourth-order valence-electron chi connectivity index (χ4n) is 2.38. The molecular formula is C20H22BrN3O4. The molecule has 2 N–H and O–H groups in total. The number of rotatable bonds is 8. The molecule has 0 aliphatic rings. The predicted octanol–water partition coefficient (Wildman–Crippen LogP) is 3.53. The fraction of sp³-hybridized carbons (Fsp3) is 0.250. The van der Waals surface area contributed by atoms with Gasteiger partial charge in [-0.2, -0.15) is 5.10 Å².